The lowest BCUT2D eigenvalue weighted by Crippen LogP contribution is -2.11. The van der Waals surface area contributed by atoms with Crippen LogP contribution in [0.3, 0.4) is 0 Å². The topological polar surface area (TPSA) is 21.3 Å². The van der Waals surface area contributed by atoms with Crippen LogP contribution < -0.4 is 10.1 Å². The summed E-state index contributed by atoms with van der Waals surface area (Å²) in [5, 5.41) is 4.39. The first kappa shape index (κ1) is 14.5. The first-order chi connectivity index (χ1) is 9.15. The van der Waals surface area contributed by atoms with E-state index in [0.29, 0.717) is 28.9 Å². The molecule has 2 aromatic rings. The predicted molar refractivity (Wildman–Crippen MR) is 84.6 cm³/mol. The van der Waals surface area contributed by atoms with E-state index in [1.165, 1.54) is 0 Å². The molecule has 0 unspecified atom stereocenters. The van der Waals surface area contributed by atoms with Crippen LogP contribution in [-0.2, 0) is 0 Å². The summed E-state index contributed by atoms with van der Waals surface area (Å²) >= 11 is 15.2. The van der Waals surface area contributed by atoms with E-state index in [4.69, 9.17) is 27.9 Å². The quantitative estimate of drug-likeness (QED) is 0.735. The third-order valence-corrected chi connectivity index (χ3v) is 3.43. The van der Waals surface area contributed by atoms with Crippen molar-refractivity contribution in [3.63, 3.8) is 0 Å². The first-order valence-electron chi connectivity index (χ1n) is 5.72. The van der Waals surface area contributed by atoms with E-state index in [0.717, 1.165) is 10.2 Å². The van der Waals surface area contributed by atoms with Gasteiger partial charge in [-0.05, 0) is 36.4 Å². The van der Waals surface area contributed by atoms with Crippen molar-refractivity contribution in [1.82, 2.24) is 0 Å². The summed E-state index contributed by atoms with van der Waals surface area (Å²) in [4.78, 5) is 0. The molecule has 0 aromatic heterocycles. The minimum atomic E-state index is 0.522. The number of ether oxygens (including phenoxy) is 1. The molecule has 0 radical (unpaired) electrons. The molecular weight excluding hydrogens is 349 g/mol. The molecule has 2 aromatic carbocycles. The third-order valence-electron chi connectivity index (χ3n) is 2.41. The summed E-state index contributed by atoms with van der Waals surface area (Å²) in [5.41, 5.74) is 1.04. The van der Waals surface area contributed by atoms with Crippen molar-refractivity contribution < 1.29 is 4.74 Å². The Morgan fingerprint density at radius 3 is 2.68 bits per heavy atom. The van der Waals surface area contributed by atoms with Crippen molar-refractivity contribution in [1.29, 1.82) is 0 Å². The van der Waals surface area contributed by atoms with E-state index in [2.05, 4.69) is 21.2 Å². The maximum absolute atomic E-state index is 6.01. The smallest absolute Gasteiger partial charge is 0.138 e. The van der Waals surface area contributed by atoms with Crippen LogP contribution in [0.1, 0.15) is 0 Å². The molecule has 19 heavy (non-hydrogen) atoms. The molecule has 2 rings (SSSR count). The summed E-state index contributed by atoms with van der Waals surface area (Å²) < 4.78 is 6.62. The molecule has 0 saturated carbocycles. The van der Waals surface area contributed by atoms with E-state index < -0.39 is 0 Å². The van der Waals surface area contributed by atoms with E-state index in [1.54, 1.807) is 18.2 Å². The Labute approximate surface area is 130 Å². The largest absolute Gasteiger partial charge is 0.490 e. The van der Waals surface area contributed by atoms with Crippen LogP contribution in [-0.4, -0.2) is 13.2 Å². The van der Waals surface area contributed by atoms with Gasteiger partial charge in [0.05, 0.1) is 5.02 Å². The van der Waals surface area contributed by atoms with Crippen LogP contribution >= 0.6 is 39.1 Å². The molecule has 0 heterocycles. The molecule has 2 nitrogen and oxygen atoms in total. The van der Waals surface area contributed by atoms with Gasteiger partial charge in [0, 0.05) is 21.7 Å². The summed E-state index contributed by atoms with van der Waals surface area (Å²) in [7, 11) is 0. The third kappa shape index (κ3) is 4.60. The van der Waals surface area contributed by atoms with E-state index in [9.17, 15) is 0 Å². The van der Waals surface area contributed by atoms with Gasteiger partial charge in [-0.2, -0.15) is 0 Å². The molecule has 100 valence electrons. The normalized spacial score (nSPS) is 10.3. The van der Waals surface area contributed by atoms with Crippen LogP contribution in [0, 0.1) is 0 Å². The van der Waals surface area contributed by atoms with Crippen molar-refractivity contribution in [2.24, 2.45) is 0 Å². The number of hydrogen-bond acceptors (Lipinski definition) is 2. The fourth-order valence-corrected chi connectivity index (χ4v) is 2.41. The second-order valence-electron chi connectivity index (χ2n) is 3.86. The second-order valence-corrected chi connectivity index (χ2v) is 5.62. The van der Waals surface area contributed by atoms with Crippen molar-refractivity contribution >= 4 is 44.8 Å². The number of anilines is 1. The van der Waals surface area contributed by atoms with Gasteiger partial charge in [0.15, 0.2) is 0 Å². The van der Waals surface area contributed by atoms with Crippen LogP contribution in [0.25, 0.3) is 0 Å². The highest BCUT2D eigenvalue weighted by Crippen LogP contribution is 2.27. The lowest BCUT2D eigenvalue weighted by atomic mass is 10.3. The molecule has 0 fully saturated rings. The molecule has 0 spiro atoms. The van der Waals surface area contributed by atoms with Crippen LogP contribution in [0.4, 0.5) is 5.69 Å². The molecule has 0 aliphatic rings. The summed E-state index contributed by atoms with van der Waals surface area (Å²) in [6, 6.07) is 13.2. The van der Waals surface area contributed by atoms with Crippen molar-refractivity contribution in [3.05, 3.63) is 57.0 Å². The lowest BCUT2D eigenvalue weighted by Gasteiger charge is -2.10. The van der Waals surface area contributed by atoms with E-state index in [-0.39, 0.29) is 0 Å². The Morgan fingerprint density at radius 2 is 1.95 bits per heavy atom. The van der Waals surface area contributed by atoms with Gasteiger partial charge >= 0.3 is 0 Å². The SMILES string of the molecule is Clc1ccc(OCCNc2cccc(Br)c2)c(Cl)c1. The van der Waals surface area contributed by atoms with Gasteiger partial charge in [-0.25, -0.2) is 0 Å². The average Bonchev–Trinajstić information content (AvgIpc) is 2.37. The zero-order valence-electron chi connectivity index (χ0n) is 10.00. The summed E-state index contributed by atoms with van der Waals surface area (Å²) in [6.45, 7) is 1.21. The fraction of sp³-hybridized carbons (Fsp3) is 0.143. The molecular formula is C14H12BrCl2NO. The maximum atomic E-state index is 6.01. The van der Waals surface area contributed by atoms with Gasteiger partial charge in [0.1, 0.15) is 12.4 Å². The minimum absolute atomic E-state index is 0.522. The Balaban J connectivity index is 1.81. The van der Waals surface area contributed by atoms with E-state index in [1.807, 2.05) is 24.3 Å². The molecule has 5 heteroatoms. The predicted octanol–water partition coefficient (Wildman–Crippen LogP) is 5.25. The first-order valence-corrected chi connectivity index (χ1v) is 7.27. The molecule has 0 aliphatic heterocycles. The average molecular weight is 361 g/mol. The van der Waals surface area contributed by atoms with Crippen LogP contribution in [0.15, 0.2) is 46.9 Å². The maximum Gasteiger partial charge on any atom is 0.138 e. The van der Waals surface area contributed by atoms with Gasteiger partial charge < -0.3 is 10.1 Å². The zero-order valence-corrected chi connectivity index (χ0v) is 13.1. The van der Waals surface area contributed by atoms with Gasteiger partial charge in [-0.1, -0.05) is 45.2 Å². The van der Waals surface area contributed by atoms with Crippen LogP contribution in [0.2, 0.25) is 10.0 Å². The second kappa shape index (κ2) is 7.04. The molecule has 0 atom stereocenters. The number of benzene rings is 2. The van der Waals surface area contributed by atoms with Gasteiger partial charge in [0.2, 0.25) is 0 Å². The van der Waals surface area contributed by atoms with Crippen molar-refractivity contribution in [2.45, 2.75) is 0 Å². The van der Waals surface area contributed by atoms with Gasteiger partial charge in [0.25, 0.3) is 0 Å². The highest BCUT2D eigenvalue weighted by atomic mass is 79.9. The monoisotopic (exact) mass is 359 g/mol. The molecule has 0 aliphatic carbocycles. The number of nitrogens with one attached hydrogen (secondary N) is 1. The molecule has 0 bridgehead atoms. The lowest BCUT2D eigenvalue weighted by molar-refractivity contribution is 0.333. The highest BCUT2D eigenvalue weighted by Gasteiger charge is 2.01. The summed E-state index contributed by atoms with van der Waals surface area (Å²) in [5.74, 6) is 0.641. The fourth-order valence-electron chi connectivity index (χ4n) is 1.55. The number of hydrogen-bond donors (Lipinski definition) is 1. The Hall–Kier alpha value is -0.900. The standard InChI is InChI=1S/C14H12BrCl2NO/c15-10-2-1-3-12(8-10)18-6-7-19-14-5-4-11(16)9-13(14)17/h1-5,8-9,18H,6-7H2. The minimum Gasteiger partial charge on any atom is -0.490 e. The Morgan fingerprint density at radius 1 is 1.11 bits per heavy atom. The zero-order chi connectivity index (χ0) is 13.7. The molecule has 0 saturated heterocycles. The Bertz CT molecular complexity index is 563. The number of halogens is 3. The van der Waals surface area contributed by atoms with Crippen LogP contribution in [0.5, 0.6) is 5.75 Å². The van der Waals surface area contributed by atoms with Gasteiger partial charge in [-0.3, -0.25) is 0 Å². The summed E-state index contributed by atoms with van der Waals surface area (Å²) in [6.07, 6.45) is 0. The Kier molecular flexibility index (Phi) is 5.37. The van der Waals surface area contributed by atoms with Gasteiger partial charge in [-0.15, -0.1) is 0 Å². The molecule has 1 N–H and O–H groups in total. The molecule has 0 amide bonds. The van der Waals surface area contributed by atoms with E-state index >= 15 is 0 Å². The highest BCUT2D eigenvalue weighted by molar-refractivity contribution is 9.10. The number of rotatable bonds is 5. The van der Waals surface area contributed by atoms with Crippen molar-refractivity contribution in [3.8, 4) is 5.75 Å². The van der Waals surface area contributed by atoms with Crippen molar-refractivity contribution in [2.75, 3.05) is 18.5 Å².